The summed E-state index contributed by atoms with van der Waals surface area (Å²) in [6, 6.07) is 6.38. The Kier molecular flexibility index (Phi) is 5.61. The van der Waals surface area contributed by atoms with Crippen molar-refractivity contribution in [2.75, 3.05) is 6.61 Å². The molecule has 0 saturated heterocycles. The molecule has 0 spiro atoms. The second-order valence-corrected chi connectivity index (χ2v) is 6.45. The van der Waals surface area contributed by atoms with Crippen molar-refractivity contribution in [1.29, 1.82) is 5.41 Å². The lowest BCUT2D eigenvalue weighted by Gasteiger charge is -2.23. The van der Waals surface area contributed by atoms with Gasteiger partial charge >= 0.3 is 0 Å². The number of hydrogen-bond donors (Lipinski definition) is 2. The summed E-state index contributed by atoms with van der Waals surface area (Å²) in [6.07, 6.45) is 1.77. The number of hydrogen-bond acceptors (Lipinski definition) is 2. The lowest BCUT2D eigenvalue weighted by Crippen LogP contribution is -2.31. The summed E-state index contributed by atoms with van der Waals surface area (Å²) >= 11 is 0. The van der Waals surface area contributed by atoms with Crippen LogP contribution in [0.2, 0.25) is 0 Å². The van der Waals surface area contributed by atoms with Gasteiger partial charge in [0.05, 0.1) is 12.4 Å². The highest BCUT2D eigenvalue weighted by atomic mass is 16.5. The molecule has 3 N–H and O–H groups in total. The van der Waals surface area contributed by atoms with Gasteiger partial charge < -0.3 is 10.5 Å². The van der Waals surface area contributed by atoms with E-state index in [0.29, 0.717) is 12.5 Å². The predicted molar refractivity (Wildman–Crippen MR) is 85.7 cm³/mol. The highest BCUT2D eigenvalue weighted by molar-refractivity contribution is 5.82. The Labute approximate surface area is 123 Å². The van der Waals surface area contributed by atoms with Crippen molar-refractivity contribution < 1.29 is 4.74 Å². The fraction of sp³-hybridized carbons (Fsp3) is 0.588. The number of nitrogens with one attached hydrogen (secondary N) is 1. The van der Waals surface area contributed by atoms with Gasteiger partial charge in [-0.3, -0.25) is 5.41 Å². The first-order chi connectivity index (χ1) is 9.24. The normalized spacial score (nSPS) is 11.7. The molecule has 0 aliphatic carbocycles. The lowest BCUT2D eigenvalue weighted by molar-refractivity contribution is 0.283. The van der Waals surface area contributed by atoms with Crippen molar-refractivity contribution in [2.24, 2.45) is 11.1 Å². The molecule has 0 amide bonds. The van der Waals surface area contributed by atoms with E-state index >= 15 is 0 Å². The number of ether oxygens (including phenoxy) is 1. The monoisotopic (exact) mass is 276 g/mol. The smallest absolute Gasteiger partial charge is 0.122 e. The largest absolute Gasteiger partial charge is 0.493 e. The molecule has 0 aliphatic rings. The SMILES string of the molecule is Cc1ccc(C(C)C)c(OCCCC(C)(C)C(=N)N)c1. The van der Waals surface area contributed by atoms with Gasteiger partial charge in [-0.25, -0.2) is 0 Å². The molecule has 20 heavy (non-hydrogen) atoms. The maximum Gasteiger partial charge on any atom is 0.122 e. The van der Waals surface area contributed by atoms with Gasteiger partial charge in [0.15, 0.2) is 0 Å². The van der Waals surface area contributed by atoms with Gasteiger partial charge in [0, 0.05) is 5.41 Å². The quantitative estimate of drug-likeness (QED) is 0.444. The zero-order chi connectivity index (χ0) is 15.3. The minimum Gasteiger partial charge on any atom is -0.493 e. The van der Waals surface area contributed by atoms with Gasteiger partial charge in [-0.1, -0.05) is 39.8 Å². The van der Waals surface area contributed by atoms with E-state index in [4.69, 9.17) is 15.9 Å². The number of nitrogens with two attached hydrogens (primary N) is 1. The Bertz CT molecular complexity index is 464. The van der Waals surface area contributed by atoms with Crippen LogP contribution < -0.4 is 10.5 Å². The fourth-order valence-electron chi connectivity index (χ4n) is 2.07. The third kappa shape index (κ3) is 4.55. The minimum atomic E-state index is -0.239. The average Bonchev–Trinajstić information content (AvgIpc) is 2.34. The summed E-state index contributed by atoms with van der Waals surface area (Å²) in [5, 5.41) is 7.55. The van der Waals surface area contributed by atoms with Gasteiger partial charge in [0.2, 0.25) is 0 Å². The lowest BCUT2D eigenvalue weighted by atomic mass is 9.87. The van der Waals surface area contributed by atoms with Crippen LogP contribution >= 0.6 is 0 Å². The Balaban J connectivity index is 2.58. The molecule has 0 unspecified atom stereocenters. The van der Waals surface area contributed by atoms with Gasteiger partial charge in [0.1, 0.15) is 5.75 Å². The number of amidine groups is 1. The molecular formula is C17H28N2O. The van der Waals surface area contributed by atoms with E-state index in [2.05, 4.69) is 39.0 Å². The van der Waals surface area contributed by atoms with Crippen molar-refractivity contribution in [3.63, 3.8) is 0 Å². The minimum absolute atomic E-state index is 0.239. The van der Waals surface area contributed by atoms with Crippen LogP contribution in [0, 0.1) is 17.7 Å². The Morgan fingerprint density at radius 1 is 1.35 bits per heavy atom. The Hall–Kier alpha value is -1.51. The molecular weight excluding hydrogens is 248 g/mol. The van der Waals surface area contributed by atoms with Gasteiger partial charge in [-0.2, -0.15) is 0 Å². The molecule has 0 aliphatic heterocycles. The second kappa shape index (κ2) is 6.78. The zero-order valence-electron chi connectivity index (χ0n) is 13.4. The summed E-state index contributed by atoms with van der Waals surface area (Å²) < 4.78 is 5.94. The molecule has 3 nitrogen and oxygen atoms in total. The van der Waals surface area contributed by atoms with Gasteiger partial charge in [-0.15, -0.1) is 0 Å². The molecule has 112 valence electrons. The van der Waals surface area contributed by atoms with E-state index in [9.17, 15) is 0 Å². The van der Waals surface area contributed by atoms with E-state index in [1.807, 2.05) is 13.8 Å². The van der Waals surface area contributed by atoms with Gasteiger partial charge in [0.25, 0.3) is 0 Å². The molecule has 3 heteroatoms. The summed E-state index contributed by atoms with van der Waals surface area (Å²) in [5.74, 6) is 1.69. The van der Waals surface area contributed by atoms with Crippen molar-refractivity contribution in [1.82, 2.24) is 0 Å². The molecule has 1 aromatic carbocycles. The first-order valence-electron chi connectivity index (χ1n) is 7.32. The Morgan fingerprint density at radius 3 is 2.55 bits per heavy atom. The van der Waals surface area contributed by atoms with Crippen LogP contribution in [-0.2, 0) is 0 Å². The van der Waals surface area contributed by atoms with Crippen LogP contribution in [0.3, 0.4) is 0 Å². The molecule has 0 bridgehead atoms. The summed E-state index contributed by atoms with van der Waals surface area (Å²) in [7, 11) is 0. The first kappa shape index (κ1) is 16.5. The third-order valence-electron chi connectivity index (χ3n) is 3.72. The fourth-order valence-corrected chi connectivity index (χ4v) is 2.07. The number of rotatable bonds is 7. The Morgan fingerprint density at radius 2 is 2.00 bits per heavy atom. The predicted octanol–water partition coefficient (Wildman–Crippen LogP) is 4.24. The summed E-state index contributed by atoms with van der Waals surface area (Å²) in [4.78, 5) is 0. The number of aryl methyl sites for hydroxylation is 1. The molecule has 1 rings (SSSR count). The van der Waals surface area contributed by atoms with Crippen LogP contribution in [-0.4, -0.2) is 12.4 Å². The van der Waals surface area contributed by atoms with Crippen molar-refractivity contribution >= 4 is 5.84 Å². The first-order valence-corrected chi connectivity index (χ1v) is 7.32. The van der Waals surface area contributed by atoms with Crippen molar-refractivity contribution in [3.05, 3.63) is 29.3 Å². The molecule has 0 atom stereocenters. The molecule has 0 fully saturated rings. The van der Waals surface area contributed by atoms with Crippen molar-refractivity contribution in [3.8, 4) is 5.75 Å². The van der Waals surface area contributed by atoms with Crippen LogP contribution in [0.15, 0.2) is 18.2 Å². The van der Waals surface area contributed by atoms with Crippen LogP contribution in [0.25, 0.3) is 0 Å². The van der Waals surface area contributed by atoms with Gasteiger partial charge in [-0.05, 0) is 42.9 Å². The van der Waals surface area contributed by atoms with E-state index in [1.165, 1.54) is 11.1 Å². The molecule has 0 heterocycles. The number of benzene rings is 1. The average molecular weight is 276 g/mol. The highest BCUT2D eigenvalue weighted by Gasteiger charge is 2.20. The van der Waals surface area contributed by atoms with E-state index < -0.39 is 0 Å². The second-order valence-electron chi connectivity index (χ2n) is 6.45. The van der Waals surface area contributed by atoms with Crippen molar-refractivity contribution in [2.45, 2.75) is 53.4 Å². The molecule has 0 aromatic heterocycles. The molecule has 0 radical (unpaired) electrons. The maximum atomic E-state index is 7.55. The highest BCUT2D eigenvalue weighted by Crippen LogP contribution is 2.28. The maximum absolute atomic E-state index is 7.55. The molecule has 0 saturated carbocycles. The van der Waals surface area contributed by atoms with E-state index in [0.717, 1.165) is 18.6 Å². The van der Waals surface area contributed by atoms with E-state index in [1.54, 1.807) is 0 Å². The summed E-state index contributed by atoms with van der Waals surface area (Å²) in [6.45, 7) is 11.1. The van der Waals surface area contributed by atoms with E-state index in [-0.39, 0.29) is 11.3 Å². The standard InChI is InChI=1S/C17H28N2O/c1-12(2)14-8-7-13(3)11-15(14)20-10-6-9-17(4,5)16(18)19/h7-8,11-12H,6,9-10H2,1-5H3,(H3,18,19). The van der Waals surface area contributed by atoms with Crippen LogP contribution in [0.5, 0.6) is 5.75 Å². The van der Waals surface area contributed by atoms with Crippen LogP contribution in [0.4, 0.5) is 0 Å². The molecule has 1 aromatic rings. The zero-order valence-corrected chi connectivity index (χ0v) is 13.4. The topological polar surface area (TPSA) is 59.1 Å². The van der Waals surface area contributed by atoms with Crippen LogP contribution in [0.1, 0.15) is 57.6 Å². The third-order valence-corrected chi connectivity index (χ3v) is 3.72. The summed E-state index contributed by atoms with van der Waals surface area (Å²) in [5.41, 5.74) is 7.82.